The molecule has 0 heterocycles. The summed E-state index contributed by atoms with van der Waals surface area (Å²) in [5.74, 6) is 0. The van der Waals surface area contributed by atoms with E-state index >= 15 is 0 Å². The van der Waals surface area contributed by atoms with Gasteiger partial charge in [-0.25, -0.2) is 0 Å². The summed E-state index contributed by atoms with van der Waals surface area (Å²) in [5.41, 5.74) is 3.92. The van der Waals surface area contributed by atoms with E-state index in [0.29, 0.717) is 10.8 Å². The maximum Gasteiger partial charge on any atom is 0.0942 e. The molecule has 0 nitrogen and oxygen atoms in total. The van der Waals surface area contributed by atoms with Gasteiger partial charge in [-0.15, -0.1) is 0 Å². The first-order valence-corrected chi connectivity index (χ1v) is 7.81. The van der Waals surface area contributed by atoms with Crippen LogP contribution in [0.4, 0.5) is 0 Å². The monoisotopic (exact) mass is 352 g/mol. The third kappa shape index (κ3) is 1.02. The SMILES string of the molecule is BrC1(Br)C23CC=CCC12Cc1ccccc1C3. The summed E-state index contributed by atoms with van der Waals surface area (Å²) in [6.07, 6.45) is 9.58. The van der Waals surface area contributed by atoms with Crippen LogP contribution in [-0.4, -0.2) is 3.23 Å². The van der Waals surface area contributed by atoms with Gasteiger partial charge in [0.2, 0.25) is 0 Å². The van der Waals surface area contributed by atoms with Crippen LogP contribution in [-0.2, 0) is 12.8 Å². The fourth-order valence-electron chi connectivity index (χ4n) is 4.21. The molecule has 2 atom stereocenters. The maximum atomic E-state index is 3.99. The van der Waals surface area contributed by atoms with Gasteiger partial charge in [-0.1, -0.05) is 68.3 Å². The first kappa shape index (κ1) is 10.8. The highest BCUT2D eigenvalue weighted by molar-refractivity contribution is 9.25. The van der Waals surface area contributed by atoms with Crippen LogP contribution >= 0.6 is 31.9 Å². The number of fused-ring (bicyclic) bond motifs is 1. The van der Waals surface area contributed by atoms with Crippen molar-refractivity contribution in [3.8, 4) is 0 Å². The number of halogens is 2. The van der Waals surface area contributed by atoms with E-state index in [0.717, 1.165) is 0 Å². The van der Waals surface area contributed by atoms with E-state index in [-0.39, 0.29) is 3.23 Å². The Morgan fingerprint density at radius 3 is 1.76 bits per heavy atom. The van der Waals surface area contributed by atoms with Crippen LogP contribution in [0.3, 0.4) is 0 Å². The van der Waals surface area contributed by atoms with Crippen molar-refractivity contribution in [3.63, 3.8) is 0 Å². The second-order valence-corrected chi connectivity index (χ2v) is 9.18. The lowest BCUT2D eigenvalue weighted by atomic mass is 9.71. The molecule has 17 heavy (non-hydrogen) atoms. The molecule has 0 radical (unpaired) electrons. The van der Waals surface area contributed by atoms with Gasteiger partial charge in [0.15, 0.2) is 0 Å². The van der Waals surface area contributed by atoms with Crippen LogP contribution in [0.2, 0.25) is 0 Å². The molecule has 0 amide bonds. The van der Waals surface area contributed by atoms with E-state index in [2.05, 4.69) is 68.3 Å². The molecule has 2 heteroatoms. The lowest BCUT2D eigenvalue weighted by Crippen LogP contribution is -2.26. The maximum absolute atomic E-state index is 3.99. The molecule has 3 aliphatic rings. The summed E-state index contributed by atoms with van der Waals surface area (Å²) in [5, 5.41) is 0. The van der Waals surface area contributed by atoms with Crippen molar-refractivity contribution in [1.29, 1.82) is 0 Å². The van der Waals surface area contributed by atoms with Gasteiger partial charge in [0.05, 0.1) is 3.23 Å². The lowest BCUT2D eigenvalue weighted by Gasteiger charge is -2.32. The summed E-state index contributed by atoms with van der Waals surface area (Å²) in [4.78, 5) is 0. The van der Waals surface area contributed by atoms with Gasteiger partial charge in [-0.3, -0.25) is 0 Å². The molecule has 1 saturated carbocycles. The molecule has 0 aromatic heterocycles. The topological polar surface area (TPSA) is 0 Å². The van der Waals surface area contributed by atoms with E-state index in [1.807, 2.05) is 0 Å². The van der Waals surface area contributed by atoms with Gasteiger partial charge >= 0.3 is 0 Å². The van der Waals surface area contributed by atoms with E-state index in [9.17, 15) is 0 Å². The second-order valence-electron chi connectivity index (χ2n) is 5.74. The molecule has 1 aromatic carbocycles. The van der Waals surface area contributed by atoms with Crippen LogP contribution in [0, 0.1) is 10.8 Å². The van der Waals surface area contributed by atoms with Crippen LogP contribution < -0.4 is 0 Å². The quantitative estimate of drug-likeness (QED) is 0.472. The van der Waals surface area contributed by atoms with Gasteiger partial charge in [0.25, 0.3) is 0 Å². The minimum atomic E-state index is 0.141. The standard InChI is InChI=1S/C15H14Br2/c16-15(17)13-7-3-4-8-14(13,15)10-12-6-2-1-5-11(12)9-13/h1-6H,7-10H2. The Kier molecular flexibility index (Phi) is 1.96. The van der Waals surface area contributed by atoms with Crippen molar-refractivity contribution in [2.45, 2.75) is 28.9 Å². The fraction of sp³-hybridized carbons (Fsp3) is 0.467. The molecule has 0 saturated heterocycles. The fourth-order valence-corrected chi connectivity index (χ4v) is 6.74. The second kappa shape index (κ2) is 3.08. The van der Waals surface area contributed by atoms with Crippen molar-refractivity contribution < 1.29 is 0 Å². The molecule has 0 N–H and O–H groups in total. The number of allylic oxidation sites excluding steroid dienone is 2. The number of alkyl halides is 2. The summed E-state index contributed by atoms with van der Waals surface area (Å²) in [6, 6.07) is 8.96. The Morgan fingerprint density at radius 2 is 1.29 bits per heavy atom. The predicted octanol–water partition coefficient (Wildman–Crippen LogP) is 4.61. The van der Waals surface area contributed by atoms with Gasteiger partial charge in [-0.05, 0) is 36.8 Å². The molecule has 0 spiro atoms. The molecular weight excluding hydrogens is 340 g/mol. The third-order valence-corrected chi connectivity index (χ3v) is 8.29. The van der Waals surface area contributed by atoms with Gasteiger partial charge in [0, 0.05) is 10.8 Å². The van der Waals surface area contributed by atoms with E-state index in [1.54, 1.807) is 11.1 Å². The van der Waals surface area contributed by atoms with Crippen LogP contribution in [0.1, 0.15) is 24.0 Å². The Bertz CT molecular complexity index is 486. The van der Waals surface area contributed by atoms with Crippen LogP contribution in [0.5, 0.6) is 0 Å². The van der Waals surface area contributed by atoms with Gasteiger partial charge in [0.1, 0.15) is 0 Å². The predicted molar refractivity (Wildman–Crippen MR) is 77.7 cm³/mol. The van der Waals surface area contributed by atoms with Crippen LogP contribution in [0.15, 0.2) is 36.4 Å². The zero-order chi connectivity index (χ0) is 11.7. The minimum absolute atomic E-state index is 0.141. The number of hydrogen-bond acceptors (Lipinski definition) is 0. The number of hydrogen-bond donors (Lipinski definition) is 0. The van der Waals surface area contributed by atoms with Gasteiger partial charge < -0.3 is 0 Å². The molecule has 4 rings (SSSR count). The average Bonchev–Trinajstić information content (AvgIpc) is 2.78. The molecule has 1 fully saturated rings. The molecule has 88 valence electrons. The van der Waals surface area contributed by atoms with Crippen molar-refractivity contribution in [1.82, 2.24) is 0 Å². The normalized spacial score (nSPS) is 40.1. The summed E-state index contributed by atoms with van der Waals surface area (Å²) >= 11 is 7.98. The molecule has 0 aliphatic heterocycles. The zero-order valence-corrected chi connectivity index (χ0v) is 12.7. The lowest BCUT2D eigenvalue weighted by molar-refractivity contribution is 0.300. The Morgan fingerprint density at radius 1 is 0.824 bits per heavy atom. The highest BCUT2D eigenvalue weighted by Crippen LogP contribution is 2.86. The van der Waals surface area contributed by atoms with E-state index in [1.165, 1.54) is 25.7 Å². The Labute approximate surface area is 119 Å². The van der Waals surface area contributed by atoms with Gasteiger partial charge in [-0.2, -0.15) is 0 Å². The smallest absolute Gasteiger partial charge is 0.0878 e. The number of benzene rings is 1. The average molecular weight is 354 g/mol. The molecule has 2 unspecified atom stereocenters. The van der Waals surface area contributed by atoms with E-state index in [4.69, 9.17) is 0 Å². The van der Waals surface area contributed by atoms with Crippen molar-refractivity contribution in [2.75, 3.05) is 0 Å². The zero-order valence-electron chi connectivity index (χ0n) is 9.55. The number of rotatable bonds is 0. The van der Waals surface area contributed by atoms with E-state index < -0.39 is 0 Å². The summed E-state index contributed by atoms with van der Waals surface area (Å²) in [6.45, 7) is 0. The first-order chi connectivity index (χ1) is 8.13. The Hall–Kier alpha value is -0.0800. The summed E-state index contributed by atoms with van der Waals surface area (Å²) in [7, 11) is 0. The highest BCUT2D eigenvalue weighted by atomic mass is 79.9. The Balaban J connectivity index is 1.89. The van der Waals surface area contributed by atoms with Crippen molar-refractivity contribution in [2.24, 2.45) is 10.8 Å². The molecule has 0 bridgehead atoms. The molecule has 3 aliphatic carbocycles. The molecule has 1 aromatic rings. The highest BCUT2D eigenvalue weighted by Gasteiger charge is 2.84. The van der Waals surface area contributed by atoms with Crippen molar-refractivity contribution >= 4 is 31.9 Å². The summed E-state index contributed by atoms with van der Waals surface area (Å²) < 4.78 is 0.141. The minimum Gasteiger partial charge on any atom is -0.0878 e. The van der Waals surface area contributed by atoms with Crippen molar-refractivity contribution in [3.05, 3.63) is 47.5 Å². The first-order valence-electron chi connectivity index (χ1n) is 6.23. The van der Waals surface area contributed by atoms with Crippen LogP contribution in [0.25, 0.3) is 0 Å². The third-order valence-electron chi connectivity index (χ3n) is 5.26. The molecular formula is C15H14Br2. The largest absolute Gasteiger partial charge is 0.0942 e.